The number of anilines is 3. The first-order valence-corrected chi connectivity index (χ1v) is 7.03. The molecule has 19 heavy (non-hydrogen) atoms. The summed E-state index contributed by atoms with van der Waals surface area (Å²) in [6.45, 7) is 5.28. The Hall–Kier alpha value is -1.49. The lowest BCUT2D eigenvalue weighted by Crippen LogP contribution is -2.26. The predicted molar refractivity (Wildman–Crippen MR) is 83.7 cm³/mol. The zero-order chi connectivity index (χ0) is 14.1. The van der Waals surface area contributed by atoms with Gasteiger partial charge in [-0.1, -0.05) is 19.8 Å². The number of hydrogen-bond donors (Lipinski definition) is 3. The second-order valence-electron chi connectivity index (χ2n) is 4.85. The summed E-state index contributed by atoms with van der Waals surface area (Å²) >= 11 is 0. The van der Waals surface area contributed by atoms with Gasteiger partial charge in [-0.15, -0.1) is 0 Å². The molecule has 0 aliphatic carbocycles. The lowest BCUT2D eigenvalue weighted by Gasteiger charge is -2.17. The maximum Gasteiger partial charge on any atom is 0.149 e. The third kappa shape index (κ3) is 5.79. The molecule has 0 radical (unpaired) electrons. The fraction of sp³-hybridized carbons (Fsp3) is 0.643. The van der Waals surface area contributed by atoms with Crippen molar-refractivity contribution >= 4 is 17.2 Å². The molecule has 0 unspecified atom stereocenters. The van der Waals surface area contributed by atoms with Crippen LogP contribution in [0.2, 0.25) is 0 Å². The summed E-state index contributed by atoms with van der Waals surface area (Å²) in [7, 11) is 4.03. The van der Waals surface area contributed by atoms with E-state index in [1.807, 2.05) is 13.1 Å². The number of rotatable bonds is 9. The molecule has 4 N–H and O–H groups in total. The number of pyridine rings is 1. The lowest BCUT2D eigenvalue weighted by molar-refractivity contribution is 0.337. The van der Waals surface area contributed by atoms with Gasteiger partial charge in [0.1, 0.15) is 5.82 Å². The molecule has 0 bridgehead atoms. The fourth-order valence-electron chi connectivity index (χ4n) is 1.92. The first-order valence-electron chi connectivity index (χ1n) is 7.03. The second-order valence-corrected chi connectivity index (χ2v) is 4.85. The van der Waals surface area contributed by atoms with Gasteiger partial charge in [-0.05, 0) is 26.1 Å². The normalized spacial score (nSPS) is 10.7. The lowest BCUT2D eigenvalue weighted by atomic mass is 10.2. The summed E-state index contributed by atoms with van der Waals surface area (Å²) in [6.07, 6.45) is 5.52. The molecular formula is C14H27N5. The van der Waals surface area contributed by atoms with Crippen molar-refractivity contribution in [2.45, 2.75) is 26.2 Å². The van der Waals surface area contributed by atoms with E-state index in [9.17, 15) is 0 Å². The third-order valence-corrected chi connectivity index (χ3v) is 3.11. The van der Waals surface area contributed by atoms with Gasteiger partial charge >= 0.3 is 0 Å². The Morgan fingerprint density at radius 2 is 2.11 bits per heavy atom. The molecule has 5 nitrogen and oxygen atoms in total. The van der Waals surface area contributed by atoms with Crippen LogP contribution in [0.25, 0.3) is 0 Å². The summed E-state index contributed by atoms with van der Waals surface area (Å²) in [5, 5.41) is 6.44. The molecule has 0 aromatic carbocycles. The van der Waals surface area contributed by atoms with Gasteiger partial charge in [0.25, 0.3) is 0 Å². The zero-order valence-corrected chi connectivity index (χ0v) is 12.4. The minimum Gasteiger partial charge on any atom is -0.397 e. The van der Waals surface area contributed by atoms with Gasteiger partial charge in [-0.3, -0.25) is 0 Å². The number of nitrogens with two attached hydrogens (primary N) is 1. The van der Waals surface area contributed by atoms with E-state index in [0.717, 1.165) is 31.1 Å². The molecule has 0 saturated heterocycles. The van der Waals surface area contributed by atoms with Crippen LogP contribution in [-0.4, -0.2) is 43.6 Å². The fourth-order valence-corrected chi connectivity index (χ4v) is 1.92. The average Bonchev–Trinajstić information content (AvgIpc) is 2.40. The van der Waals surface area contributed by atoms with Crippen LogP contribution in [0.1, 0.15) is 26.2 Å². The van der Waals surface area contributed by atoms with Gasteiger partial charge in [0.15, 0.2) is 0 Å². The standard InChI is InChI=1S/C14H27N5/c1-4-5-6-8-19(3)9-7-17-14-13(16-2)10-12(15)11-18-14/h10-11,16H,4-9,15H2,1-3H3,(H,17,18). The Balaban J connectivity index is 2.32. The van der Waals surface area contributed by atoms with Crippen LogP contribution in [0, 0.1) is 0 Å². The first-order chi connectivity index (χ1) is 9.17. The van der Waals surface area contributed by atoms with Crippen molar-refractivity contribution in [2.75, 3.05) is 50.1 Å². The molecule has 1 heterocycles. The highest BCUT2D eigenvalue weighted by Gasteiger charge is 2.03. The summed E-state index contributed by atoms with van der Waals surface area (Å²) < 4.78 is 0. The highest BCUT2D eigenvalue weighted by atomic mass is 15.1. The van der Waals surface area contributed by atoms with E-state index in [1.54, 1.807) is 6.20 Å². The van der Waals surface area contributed by atoms with Gasteiger partial charge in [-0.25, -0.2) is 4.98 Å². The quantitative estimate of drug-likeness (QED) is 0.598. The van der Waals surface area contributed by atoms with Crippen molar-refractivity contribution in [3.05, 3.63) is 12.3 Å². The SMILES string of the molecule is CCCCCN(C)CCNc1ncc(N)cc1NC. The molecule has 1 aromatic rings. The molecule has 1 rings (SSSR count). The molecule has 5 heteroatoms. The number of unbranched alkanes of at least 4 members (excludes halogenated alkanes) is 2. The van der Waals surface area contributed by atoms with Crippen LogP contribution in [0.4, 0.5) is 17.2 Å². The van der Waals surface area contributed by atoms with Gasteiger partial charge in [-0.2, -0.15) is 0 Å². The molecule has 0 aliphatic rings. The van der Waals surface area contributed by atoms with E-state index in [1.165, 1.54) is 19.3 Å². The molecule has 0 atom stereocenters. The van der Waals surface area contributed by atoms with Crippen LogP contribution in [0.5, 0.6) is 0 Å². The Labute approximate surface area is 116 Å². The Morgan fingerprint density at radius 3 is 2.79 bits per heavy atom. The summed E-state index contributed by atoms with van der Waals surface area (Å²) in [4.78, 5) is 6.65. The highest BCUT2D eigenvalue weighted by Crippen LogP contribution is 2.20. The number of hydrogen-bond acceptors (Lipinski definition) is 5. The van der Waals surface area contributed by atoms with Crippen molar-refractivity contribution in [1.29, 1.82) is 0 Å². The number of likely N-dealkylation sites (N-methyl/N-ethyl adjacent to an activating group) is 1. The Morgan fingerprint density at radius 1 is 1.32 bits per heavy atom. The van der Waals surface area contributed by atoms with E-state index < -0.39 is 0 Å². The van der Waals surface area contributed by atoms with Gasteiger partial charge in [0.05, 0.1) is 17.6 Å². The van der Waals surface area contributed by atoms with E-state index in [2.05, 4.69) is 34.5 Å². The van der Waals surface area contributed by atoms with Gasteiger partial charge in [0.2, 0.25) is 0 Å². The molecule has 0 spiro atoms. The van der Waals surface area contributed by atoms with Crippen molar-refractivity contribution in [1.82, 2.24) is 9.88 Å². The maximum atomic E-state index is 5.71. The first kappa shape index (κ1) is 15.6. The Kier molecular flexibility index (Phi) is 7.03. The Bertz CT molecular complexity index is 367. The highest BCUT2D eigenvalue weighted by molar-refractivity contribution is 5.68. The zero-order valence-electron chi connectivity index (χ0n) is 12.4. The van der Waals surface area contributed by atoms with E-state index in [4.69, 9.17) is 5.73 Å². The maximum absolute atomic E-state index is 5.71. The van der Waals surface area contributed by atoms with E-state index in [0.29, 0.717) is 5.69 Å². The molecule has 0 aliphatic heterocycles. The van der Waals surface area contributed by atoms with Crippen molar-refractivity contribution in [3.63, 3.8) is 0 Å². The number of aromatic nitrogens is 1. The van der Waals surface area contributed by atoms with Crippen LogP contribution in [0.3, 0.4) is 0 Å². The number of nitrogens with one attached hydrogen (secondary N) is 2. The van der Waals surface area contributed by atoms with Crippen molar-refractivity contribution in [3.8, 4) is 0 Å². The van der Waals surface area contributed by atoms with Crippen molar-refractivity contribution < 1.29 is 0 Å². The monoisotopic (exact) mass is 265 g/mol. The number of nitrogen functional groups attached to an aromatic ring is 1. The van der Waals surface area contributed by atoms with Crippen LogP contribution in [-0.2, 0) is 0 Å². The summed E-state index contributed by atoms with van der Waals surface area (Å²) in [5.41, 5.74) is 7.32. The molecule has 0 fully saturated rings. The largest absolute Gasteiger partial charge is 0.397 e. The van der Waals surface area contributed by atoms with Crippen LogP contribution < -0.4 is 16.4 Å². The summed E-state index contributed by atoms with van der Waals surface area (Å²) in [5.74, 6) is 0.860. The minimum atomic E-state index is 0.673. The van der Waals surface area contributed by atoms with Gasteiger partial charge in [0, 0.05) is 20.1 Å². The topological polar surface area (TPSA) is 66.2 Å². The molecular weight excluding hydrogens is 238 g/mol. The van der Waals surface area contributed by atoms with E-state index in [-0.39, 0.29) is 0 Å². The molecule has 0 amide bonds. The molecule has 0 saturated carbocycles. The predicted octanol–water partition coefficient (Wildman–Crippen LogP) is 2.24. The van der Waals surface area contributed by atoms with E-state index >= 15 is 0 Å². The minimum absolute atomic E-state index is 0.673. The summed E-state index contributed by atoms with van der Waals surface area (Å²) in [6, 6.07) is 1.89. The second kappa shape index (κ2) is 8.58. The van der Waals surface area contributed by atoms with Crippen LogP contribution in [0.15, 0.2) is 12.3 Å². The number of nitrogens with zero attached hydrogens (tertiary/aromatic N) is 2. The van der Waals surface area contributed by atoms with Crippen LogP contribution >= 0.6 is 0 Å². The van der Waals surface area contributed by atoms with Gasteiger partial charge < -0.3 is 21.3 Å². The third-order valence-electron chi connectivity index (χ3n) is 3.11. The average molecular weight is 265 g/mol. The smallest absolute Gasteiger partial charge is 0.149 e. The molecule has 108 valence electrons. The molecule has 1 aromatic heterocycles. The van der Waals surface area contributed by atoms with Crippen molar-refractivity contribution in [2.24, 2.45) is 0 Å².